The molecule has 0 unspecified atom stereocenters. The minimum Gasteiger partial charge on any atom is -0.359 e. The average Bonchev–Trinajstić information content (AvgIpc) is 2.45. The Balaban J connectivity index is 1.42. The van der Waals surface area contributed by atoms with Crippen LogP contribution in [-0.2, 0) is 0 Å². The van der Waals surface area contributed by atoms with Gasteiger partial charge in [0, 0.05) is 6.04 Å². The normalized spacial score (nSPS) is 35.5. The Labute approximate surface area is 143 Å². The van der Waals surface area contributed by atoms with Crippen molar-refractivity contribution in [2.45, 2.75) is 45.1 Å². The van der Waals surface area contributed by atoms with Crippen LogP contribution in [-0.4, -0.2) is 11.2 Å². The third kappa shape index (κ3) is 2.74. The second kappa shape index (κ2) is 5.68. The van der Waals surface area contributed by atoms with Crippen LogP contribution in [0.4, 0.5) is 5.69 Å². The number of hydrogen-bond donors (Lipinski definition) is 2. The van der Waals surface area contributed by atoms with Gasteiger partial charge < -0.3 is 10.6 Å². The Morgan fingerprint density at radius 3 is 2.32 bits per heavy atom. The summed E-state index contributed by atoms with van der Waals surface area (Å²) in [5, 5.41) is 8.35. The number of nitrogens with one attached hydrogen (secondary N) is 2. The zero-order valence-corrected chi connectivity index (χ0v) is 14.5. The van der Waals surface area contributed by atoms with Gasteiger partial charge in [0.25, 0.3) is 0 Å². The van der Waals surface area contributed by atoms with Gasteiger partial charge in [0.15, 0.2) is 5.11 Å². The van der Waals surface area contributed by atoms with Crippen LogP contribution >= 0.6 is 23.8 Å². The van der Waals surface area contributed by atoms with E-state index in [1.807, 2.05) is 19.1 Å². The topological polar surface area (TPSA) is 24.1 Å². The molecule has 0 atom stereocenters. The van der Waals surface area contributed by atoms with Crippen molar-refractivity contribution < 1.29 is 0 Å². The van der Waals surface area contributed by atoms with Gasteiger partial charge in [-0.15, -0.1) is 0 Å². The smallest absolute Gasteiger partial charge is 0.171 e. The zero-order chi connectivity index (χ0) is 15.3. The van der Waals surface area contributed by atoms with E-state index in [1.54, 1.807) is 0 Å². The van der Waals surface area contributed by atoms with Gasteiger partial charge in [-0.3, -0.25) is 0 Å². The predicted octanol–water partition coefficient (Wildman–Crippen LogP) is 4.76. The first-order valence-electron chi connectivity index (χ1n) is 8.42. The van der Waals surface area contributed by atoms with E-state index in [1.165, 1.54) is 32.1 Å². The molecule has 2 N–H and O–H groups in total. The summed E-state index contributed by atoms with van der Waals surface area (Å²) in [5.74, 6) is 3.64. The lowest BCUT2D eigenvalue weighted by Crippen LogP contribution is -2.56. The highest BCUT2D eigenvalue weighted by molar-refractivity contribution is 7.80. The fourth-order valence-electron chi connectivity index (χ4n) is 5.19. The highest BCUT2D eigenvalue weighted by Gasteiger charge is 2.48. The molecule has 0 heterocycles. The summed E-state index contributed by atoms with van der Waals surface area (Å²) in [5.41, 5.74) is 2.06. The van der Waals surface area contributed by atoms with Crippen molar-refractivity contribution in [3.63, 3.8) is 0 Å². The van der Waals surface area contributed by atoms with Gasteiger partial charge in [0.05, 0.1) is 10.7 Å². The summed E-state index contributed by atoms with van der Waals surface area (Å²) >= 11 is 11.8. The molecule has 4 bridgehead atoms. The molecule has 0 aromatic heterocycles. The molecular formula is C18H23ClN2S. The fourth-order valence-corrected chi connectivity index (χ4v) is 5.72. The molecule has 5 rings (SSSR count). The third-order valence-corrected chi connectivity index (χ3v) is 6.43. The number of hydrogen-bond acceptors (Lipinski definition) is 1. The molecule has 0 spiro atoms. The first kappa shape index (κ1) is 14.8. The molecule has 4 aliphatic carbocycles. The van der Waals surface area contributed by atoms with E-state index in [0.29, 0.717) is 6.04 Å². The van der Waals surface area contributed by atoms with Crippen molar-refractivity contribution in [3.8, 4) is 0 Å². The standard InChI is InChI=1S/C18H23ClN2S/c1-10-2-3-16(15(19)4-10)20-18(22)21-17-13-6-11-5-12(8-13)9-14(17)7-11/h2-4,11-14,17H,5-9H2,1H3,(H2,20,21,22). The molecule has 2 nitrogen and oxygen atoms in total. The van der Waals surface area contributed by atoms with E-state index in [0.717, 1.165) is 45.1 Å². The molecule has 4 aliphatic rings. The van der Waals surface area contributed by atoms with Crippen LogP contribution < -0.4 is 10.6 Å². The minimum atomic E-state index is 0.567. The Morgan fingerprint density at radius 1 is 1.09 bits per heavy atom. The maximum Gasteiger partial charge on any atom is 0.171 e. The Bertz CT molecular complexity index is 573. The van der Waals surface area contributed by atoms with Gasteiger partial charge >= 0.3 is 0 Å². The molecule has 4 heteroatoms. The minimum absolute atomic E-state index is 0.567. The Kier molecular flexibility index (Phi) is 3.82. The number of aryl methyl sites for hydroxylation is 1. The monoisotopic (exact) mass is 334 g/mol. The van der Waals surface area contributed by atoms with E-state index in [4.69, 9.17) is 23.8 Å². The second-order valence-electron chi connectivity index (χ2n) is 7.54. The maximum atomic E-state index is 6.29. The van der Waals surface area contributed by atoms with Crippen LogP contribution in [0.1, 0.15) is 37.7 Å². The lowest BCUT2D eigenvalue weighted by atomic mass is 9.54. The average molecular weight is 335 g/mol. The summed E-state index contributed by atoms with van der Waals surface area (Å²) < 4.78 is 0. The quantitative estimate of drug-likeness (QED) is 0.762. The van der Waals surface area contributed by atoms with Crippen LogP contribution in [0.2, 0.25) is 5.02 Å². The summed E-state index contributed by atoms with van der Waals surface area (Å²) in [6, 6.07) is 6.59. The first-order valence-corrected chi connectivity index (χ1v) is 9.21. The molecule has 118 valence electrons. The highest BCUT2D eigenvalue weighted by Crippen LogP contribution is 2.53. The van der Waals surface area contributed by atoms with Gasteiger partial charge in [0.1, 0.15) is 0 Å². The van der Waals surface area contributed by atoms with Gasteiger partial charge in [-0.05, 0) is 92.6 Å². The molecular weight excluding hydrogens is 312 g/mol. The van der Waals surface area contributed by atoms with E-state index in [9.17, 15) is 0 Å². The predicted molar refractivity (Wildman–Crippen MR) is 96.4 cm³/mol. The van der Waals surface area contributed by atoms with Crippen molar-refractivity contribution in [2.24, 2.45) is 23.7 Å². The molecule has 1 aromatic carbocycles. The van der Waals surface area contributed by atoms with Crippen LogP contribution in [0.5, 0.6) is 0 Å². The van der Waals surface area contributed by atoms with Crippen molar-refractivity contribution in [1.82, 2.24) is 5.32 Å². The summed E-state index contributed by atoms with van der Waals surface area (Å²) in [7, 11) is 0. The number of thiocarbonyl (C=S) groups is 1. The molecule has 22 heavy (non-hydrogen) atoms. The van der Waals surface area contributed by atoms with Gasteiger partial charge in [-0.1, -0.05) is 17.7 Å². The summed E-state index contributed by atoms with van der Waals surface area (Å²) in [6.07, 6.45) is 7.09. The number of halogens is 1. The molecule has 4 fully saturated rings. The van der Waals surface area contributed by atoms with E-state index in [-0.39, 0.29) is 0 Å². The second-order valence-corrected chi connectivity index (χ2v) is 8.35. The fraction of sp³-hybridized carbons (Fsp3) is 0.611. The highest BCUT2D eigenvalue weighted by atomic mass is 35.5. The summed E-state index contributed by atoms with van der Waals surface area (Å²) in [6.45, 7) is 2.04. The van der Waals surface area contributed by atoms with E-state index < -0.39 is 0 Å². The number of benzene rings is 1. The third-order valence-electron chi connectivity index (χ3n) is 5.90. The maximum absolute atomic E-state index is 6.29. The SMILES string of the molecule is Cc1ccc(NC(=S)NC2C3CC4CC(C3)CC2C4)c(Cl)c1. The van der Waals surface area contributed by atoms with Crippen LogP contribution in [0.15, 0.2) is 18.2 Å². The van der Waals surface area contributed by atoms with Crippen molar-refractivity contribution in [2.75, 3.05) is 5.32 Å². The van der Waals surface area contributed by atoms with Gasteiger partial charge in [-0.25, -0.2) is 0 Å². The van der Waals surface area contributed by atoms with Crippen molar-refractivity contribution in [1.29, 1.82) is 0 Å². The molecule has 0 radical (unpaired) electrons. The van der Waals surface area contributed by atoms with E-state index >= 15 is 0 Å². The van der Waals surface area contributed by atoms with Gasteiger partial charge in [0.2, 0.25) is 0 Å². The van der Waals surface area contributed by atoms with E-state index in [2.05, 4.69) is 16.7 Å². The Morgan fingerprint density at radius 2 is 1.73 bits per heavy atom. The van der Waals surface area contributed by atoms with Crippen molar-refractivity contribution in [3.05, 3.63) is 28.8 Å². The molecule has 1 aromatic rings. The number of rotatable bonds is 2. The molecule has 4 saturated carbocycles. The molecule has 0 saturated heterocycles. The largest absolute Gasteiger partial charge is 0.359 e. The van der Waals surface area contributed by atoms with Gasteiger partial charge in [-0.2, -0.15) is 0 Å². The lowest BCUT2D eigenvalue weighted by molar-refractivity contribution is -0.00665. The molecule has 0 amide bonds. The van der Waals surface area contributed by atoms with Crippen LogP contribution in [0.3, 0.4) is 0 Å². The summed E-state index contributed by atoms with van der Waals surface area (Å²) in [4.78, 5) is 0. The molecule has 0 aliphatic heterocycles. The lowest BCUT2D eigenvalue weighted by Gasteiger charge is -2.54. The zero-order valence-electron chi connectivity index (χ0n) is 12.9. The van der Waals surface area contributed by atoms with Crippen molar-refractivity contribution >= 4 is 34.6 Å². The number of anilines is 1. The van der Waals surface area contributed by atoms with Crippen LogP contribution in [0, 0.1) is 30.6 Å². The first-order chi connectivity index (χ1) is 10.6. The Hall–Kier alpha value is -0.800. The van der Waals surface area contributed by atoms with Crippen LogP contribution in [0.25, 0.3) is 0 Å².